The van der Waals surface area contributed by atoms with Crippen LogP contribution in [0.5, 0.6) is 0 Å². The maximum absolute atomic E-state index is 13.8. The minimum absolute atomic E-state index is 0.200. The van der Waals surface area contributed by atoms with Crippen molar-refractivity contribution in [3.63, 3.8) is 0 Å². The molecular weight excluding hydrogens is 587 g/mol. The van der Waals surface area contributed by atoms with Crippen LogP contribution in [0.1, 0.15) is 48.4 Å². The molecule has 9 heteroatoms. The summed E-state index contributed by atoms with van der Waals surface area (Å²) in [5.41, 5.74) is 5.30. The van der Waals surface area contributed by atoms with Crippen molar-refractivity contribution < 1.29 is 18.9 Å². The first-order valence-electron chi connectivity index (χ1n) is 15.5. The third-order valence-corrected chi connectivity index (χ3v) is 9.02. The Morgan fingerprint density at radius 3 is 1.36 bits per heavy atom. The number of carbonyl (C=O) groups excluding carboxylic acids is 2. The van der Waals surface area contributed by atoms with Gasteiger partial charge < -0.3 is 19.1 Å². The second-order valence-electron chi connectivity index (χ2n) is 12.7. The van der Waals surface area contributed by atoms with Crippen molar-refractivity contribution >= 4 is 35.8 Å². The molecule has 1 saturated heterocycles. The molecule has 0 atom stereocenters. The second kappa shape index (κ2) is 12.6. The van der Waals surface area contributed by atoms with E-state index in [0.29, 0.717) is 28.0 Å². The molecule has 0 saturated carbocycles. The topological polar surface area (TPSA) is 84.9 Å². The number of anilines is 2. The zero-order valence-electron chi connectivity index (χ0n) is 27.5. The van der Waals surface area contributed by atoms with Crippen LogP contribution < -0.4 is 15.3 Å². The zero-order valence-corrected chi connectivity index (χ0v) is 27.5. The summed E-state index contributed by atoms with van der Waals surface area (Å²) in [5.74, 6) is -0.401. The van der Waals surface area contributed by atoms with Crippen LogP contribution >= 0.6 is 0 Å². The van der Waals surface area contributed by atoms with Crippen LogP contribution in [0.3, 0.4) is 0 Å². The molecule has 2 aromatic heterocycles. The number of carbonyl (C=O) groups is 2. The summed E-state index contributed by atoms with van der Waals surface area (Å²) in [6.07, 6.45) is 3.48. The number of benzene rings is 3. The Morgan fingerprint density at radius 1 is 0.596 bits per heavy atom. The van der Waals surface area contributed by atoms with Crippen LogP contribution in [-0.2, 0) is 9.31 Å². The summed E-state index contributed by atoms with van der Waals surface area (Å²) in [7, 11) is 2.75. The van der Waals surface area contributed by atoms with Crippen molar-refractivity contribution in [2.75, 3.05) is 23.9 Å². The highest BCUT2D eigenvalue weighted by Crippen LogP contribution is 2.37. The standard InChI is InChI=1S/C38H37BN4O4/c1-37(2)38(3,4)47-39(46-37)30-23-31(42(5)35(44)28-17-13-26(14-18-28)33-11-7-9-21-40-33)25-32(24-30)43(6)36(45)29-19-15-27(16-20-29)34-12-8-10-22-41-34/h7-25H,1-6H3. The lowest BCUT2D eigenvalue weighted by atomic mass is 9.78. The van der Waals surface area contributed by atoms with Crippen LogP contribution in [0, 0.1) is 0 Å². The summed E-state index contributed by atoms with van der Waals surface area (Å²) in [6.45, 7) is 7.97. The molecule has 47 heavy (non-hydrogen) atoms. The largest absolute Gasteiger partial charge is 0.494 e. The lowest BCUT2D eigenvalue weighted by molar-refractivity contribution is 0.00578. The van der Waals surface area contributed by atoms with Crippen molar-refractivity contribution in [2.45, 2.75) is 38.9 Å². The van der Waals surface area contributed by atoms with E-state index in [1.165, 1.54) is 0 Å². The van der Waals surface area contributed by atoms with Gasteiger partial charge >= 0.3 is 7.12 Å². The van der Waals surface area contributed by atoms with Crippen molar-refractivity contribution in [1.82, 2.24) is 9.97 Å². The fraction of sp³-hybridized carbons (Fsp3) is 0.211. The normalized spacial score (nSPS) is 14.9. The highest BCUT2D eigenvalue weighted by molar-refractivity contribution is 6.62. The smallest absolute Gasteiger partial charge is 0.399 e. The molecule has 0 N–H and O–H groups in total. The average molecular weight is 625 g/mol. The molecule has 236 valence electrons. The van der Waals surface area contributed by atoms with Gasteiger partial charge in [-0.15, -0.1) is 0 Å². The van der Waals surface area contributed by atoms with Gasteiger partial charge in [-0.3, -0.25) is 19.6 Å². The third-order valence-electron chi connectivity index (χ3n) is 9.02. The Kier molecular flexibility index (Phi) is 8.53. The highest BCUT2D eigenvalue weighted by Gasteiger charge is 2.52. The van der Waals surface area contributed by atoms with Crippen molar-refractivity contribution in [3.8, 4) is 22.5 Å². The summed E-state index contributed by atoms with van der Waals surface area (Å²) in [6, 6.07) is 31.8. The minimum atomic E-state index is -0.694. The van der Waals surface area contributed by atoms with Gasteiger partial charge in [-0.1, -0.05) is 36.4 Å². The molecule has 0 unspecified atom stereocenters. The van der Waals surface area contributed by atoms with Gasteiger partial charge in [-0.05, 0) is 99.9 Å². The SMILES string of the molecule is CN(C(=O)c1ccc(-c2ccccn2)cc1)c1cc(B2OC(C)(C)C(C)(C)O2)cc(N(C)C(=O)c2ccc(-c3ccccn3)cc2)c1. The quantitative estimate of drug-likeness (QED) is 0.188. The maximum atomic E-state index is 13.8. The van der Waals surface area contributed by atoms with Crippen LogP contribution in [0.25, 0.3) is 22.5 Å². The average Bonchev–Trinajstić information content (AvgIpc) is 3.33. The maximum Gasteiger partial charge on any atom is 0.494 e. The molecule has 1 aliphatic rings. The molecule has 2 amide bonds. The molecule has 0 spiro atoms. The first-order chi connectivity index (χ1) is 22.4. The van der Waals surface area contributed by atoms with Crippen molar-refractivity contribution in [1.29, 1.82) is 0 Å². The lowest BCUT2D eigenvalue weighted by Crippen LogP contribution is -2.41. The van der Waals surface area contributed by atoms with E-state index in [1.54, 1.807) is 60.6 Å². The highest BCUT2D eigenvalue weighted by atomic mass is 16.7. The molecule has 1 fully saturated rings. The number of nitrogens with zero attached hydrogens (tertiary/aromatic N) is 4. The van der Waals surface area contributed by atoms with E-state index in [2.05, 4.69) is 9.97 Å². The number of aromatic nitrogens is 2. The van der Waals surface area contributed by atoms with E-state index >= 15 is 0 Å². The van der Waals surface area contributed by atoms with Crippen LogP contribution in [0.2, 0.25) is 0 Å². The van der Waals surface area contributed by atoms with E-state index in [1.807, 2.05) is 107 Å². The van der Waals surface area contributed by atoms with E-state index in [4.69, 9.17) is 9.31 Å². The second-order valence-corrected chi connectivity index (χ2v) is 12.7. The number of rotatable bonds is 7. The van der Waals surface area contributed by atoms with Gasteiger partial charge in [0.25, 0.3) is 11.8 Å². The zero-order chi connectivity index (χ0) is 33.3. The Labute approximate surface area is 276 Å². The van der Waals surface area contributed by atoms with E-state index in [-0.39, 0.29) is 11.8 Å². The van der Waals surface area contributed by atoms with Gasteiger partial charge in [0, 0.05) is 60.1 Å². The molecule has 0 bridgehead atoms. The summed E-state index contributed by atoms with van der Waals surface area (Å²) in [4.78, 5) is 39.5. The number of amides is 2. The van der Waals surface area contributed by atoms with Gasteiger partial charge in [-0.2, -0.15) is 0 Å². The minimum Gasteiger partial charge on any atom is -0.399 e. The lowest BCUT2D eigenvalue weighted by Gasteiger charge is -2.32. The van der Waals surface area contributed by atoms with E-state index in [0.717, 1.165) is 22.5 Å². The predicted molar refractivity (Wildman–Crippen MR) is 187 cm³/mol. The molecular formula is C38H37BN4O4. The Morgan fingerprint density at radius 2 is 1.00 bits per heavy atom. The molecule has 8 nitrogen and oxygen atoms in total. The van der Waals surface area contributed by atoms with Crippen LogP contribution in [-0.4, -0.2) is 54.2 Å². The van der Waals surface area contributed by atoms with Crippen LogP contribution in [0.4, 0.5) is 11.4 Å². The van der Waals surface area contributed by atoms with Crippen LogP contribution in [0.15, 0.2) is 116 Å². The van der Waals surface area contributed by atoms with Gasteiger partial charge in [0.2, 0.25) is 0 Å². The number of pyridine rings is 2. The molecule has 1 aliphatic heterocycles. The first-order valence-corrected chi connectivity index (χ1v) is 15.5. The summed E-state index contributed by atoms with van der Waals surface area (Å²) < 4.78 is 12.8. The Bertz CT molecular complexity index is 1760. The molecule has 5 aromatic rings. The van der Waals surface area contributed by atoms with Gasteiger partial charge in [0.15, 0.2) is 0 Å². The number of hydrogen-bond donors (Lipinski definition) is 0. The molecule has 0 aliphatic carbocycles. The molecule has 3 heterocycles. The molecule has 3 aromatic carbocycles. The molecule has 0 radical (unpaired) electrons. The van der Waals surface area contributed by atoms with Crippen molar-refractivity contribution in [2.24, 2.45) is 0 Å². The van der Waals surface area contributed by atoms with Crippen molar-refractivity contribution in [3.05, 3.63) is 127 Å². The monoisotopic (exact) mass is 624 g/mol. The van der Waals surface area contributed by atoms with E-state index in [9.17, 15) is 9.59 Å². The summed E-state index contributed by atoms with van der Waals surface area (Å²) >= 11 is 0. The van der Waals surface area contributed by atoms with Gasteiger partial charge in [-0.25, -0.2) is 0 Å². The third kappa shape index (κ3) is 6.45. The van der Waals surface area contributed by atoms with E-state index < -0.39 is 18.3 Å². The fourth-order valence-corrected chi connectivity index (χ4v) is 5.38. The van der Waals surface area contributed by atoms with Gasteiger partial charge in [0.1, 0.15) is 0 Å². The summed E-state index contributed by atoms with van der Waals surface area (Å²) in [5, 5.41) is 0. The Balaban J connectivity index is 1.31. The Hall–Kier alpha value is -5.12. The van der Waals surface area contributed by atoms with Gasteiger partial charge in [0.05, 0.1) is 22.6 Å². The molecule has 6 rings (SSSR count). The first kappa shape index (κ1) is 31.9. The predicted octanol–water partition coefficient (Wildman–Crippen LogP) is 6.66. The number of hydrogen-bond acceptors (Lipinski definition) is 6. The fourth-order valence-electron chi connectivity index (χ4n) is 5.38.